The Labute approximate surface area is 94.7 Å². The van der Waals surface area contributed by atoms with Gasteiger partial charge in [-0.15, -0.1) is 0 Å². The molecule has 3 rings (SSSR count). The van der Waals surface area contributed by atoms with Crippen LogP contribution in [0.15, 0.2) is 24.5 Å². The molecule has 2 atom stereocenters. The summed E-state index contributed by atoms with van der Waals surface area (Å²) in [5, 5.41) is 3.36. The lowest BCUT2D eigenvalue weighted by atomic mass is 9.94. The van der Waals surface area contributed by atoms with Crippen molar-refractivity contribution in [2.45, 2.75) is 18.9 Å². The number of nitrogens with zero attached hydrogens (tertiary/aromatic N) is 2. The van der Waals surface area contributed by atoms with Gasteiger partial charge in [-0.3, -0.25) is 9.78 Å². The number of rotatable bonds is 1. The van der Waals surface area contributed by atoms with E-state index in [0.29, 0.717) is 18.4 Å². The van der Waals surface area contributed by atoms with E-state index in [9.17, 15) is 4.79 Å². The van der Waals surface area contributed by atoms with Gasteiger partial charge in [0.2, 0.25) is 5.91 Å². The lowest BCUT2D eigenvalue weighted by molar-refractivity contribution is -0.117. The van der Waals surface area contributed by atoms with E-state index >= 15 is 0 Å². The predicted octanol–water partition coefficient (Wildman–Crippen LogP) is 0.796. The van der Waals surface area contributed by atoms with Gasteiger partial charge in [0.1, 0.15) is 0 Å². The maximum Gasteiger partial charge on any atom is 0.227 e. The van der Waals surface area contributed by atoms with Crippen LogP contribution in [0.1, 0.15) is 12.8 Å². The summed E-state index contributed by atoms with van der Waals surface area (Å²) in [4.78, 5) is 18.0. The van der Waals surface area contributed by atoms with Crippen LogP contribution >= 0.6 is 0 Å². The molecule has 0 aromatic carbocycles. The Morgan fingerprint density at radius 3 is 3.00 bits per heavy atom. The first-order chi connectivity index (χ1) is 7.86. The summed E-state index contributed by atoms with van der Waals surface area (Å²) in [6, 6.07) is 4.22. The Morgan fingerprint density at radius 2 is 2.19 bits per heavy atom. The minimum absolute atomic E-state index is 0.255. The zero-order valence-electron chi connectivity index (χ0n) is 9.10. The quantitative estimate of drug-likeness (QED) is 0.756. The van der Waals surface area contributed by atoms with Crippen molar-refractivity contribution in [3.8, 4) is 0 Å². The second-order valence-electron chi connectivity index (χ2n) is 4.49. The fourth-order valence-corrected chi connectivity index (χ4v) is 2.80. The molecule has 84 valence electrons. The van der Waals surface area contributed by atoms with Crippen molar-refractivity contribution >= 4 is 11.6 Å². The Hall–Kier alpha value is -1.42. The van der Waals surface area contributed by atoms with Gasteiger partial charge in [-0.05, 0) is 25.1 Å². The number of piperidine rings is 1. The number of hydrogen-bond acceptors (Lipinski definition) is 3. The van der Waals surface area contributed by atoms with Crippen LogP contribution in [0.5, 0.6) is 0 Å². The molecule has 1 amide bonds. The molecule has 0 saturated carbocycles. The third kappa shape index (κ3) is 1.50. The molecule has 4 nitrogen and oxygen atoms in total. The number of fused-ring (bicyclic) bond motifs is 1. The van der Waals surface area contributed by atoms with E-state index in [1.165, 1.54) is 0 Å². The Kier molecular flexibility index (Phi) is 2.36. The van der Waals surface area contributed by atoms with Crippen LogP contribution in [0, 0.1) is 5.92 Å². The smallest absolute Gasteiger partial charge is 0.227 e. The minimum Gasteiger partial charge on any atom is -0.316 e. The Bertz CT molecular complexity index is 393. The number of pyridine rings is 1. The van der Waals surface area contributed by atoms with Gasteiger partial charge < -0.3 is 10.2 Å². The summed E-state index contributed by atoms with van der Waals surface area (Å²) >= 11 is 0. The van der Waals surface area contributed by atoms with E-state index in [2.05, 4.69) is 10.3 Å². The van der Waals surface area contributed by atoms with E-state index in [-0.39, 0.29) is 5.91 Å². The zero-order valence-corrected chi connectivity index (χ0v) is 9.10. The number of aromatic nitrogens is 1. The SMILES string of the molecule is O=C1CC2CNCCC2N1c1ccncc1. The summed E-state index contributed by atoms with van der Waals surface area (Å²) in [6.07, 6.45) is 5.23. The lowest BCUT2D eigenvalue weighted by Crippen LogP contribution is -2.44. The van der Waals surface area contributed by atoms with Crippen LogP contribution in [0.25, 0.3) is 0 Å². The fourth-order valence-electron chi connectivity index (χ4n) is 2.80. The first-order valence-corrected chi connectivity index (χ1v) is 5.79. The van der Waals surface area contributed by atoms with Gasteiger partial charge in [0, 0.05) is 43.0 Å². The van der Waals surface area contributed by atoms with Crippen LogP contribution in [0.4, 0.5) is 5.69 Å². The molecule has 2 aliphatic heterocycles. The highest BCUT2D eigenvalue weighted by Gasteiger charge is 2.41. The van der Waals surface area contributed by atoms with Crippen LogP contribution in [-0.2, 0) is 4.79 Å². The van der Waals surface area contributed by atoms with E-state index in [1.807, 2.05) is 17.0 Å². The number of amides is 1. The molecule has 0 spiro atoms. The van der Waals surface area contributed by atoms with Gasteiger partial charge in [0.15, 0.2) is 0 Å². The van der Waals surface area contributed by atoms with Gasteiger partial charge in [0.25, 0.3) is 0 Å². The van der Waals surface area contributed by atoms with Crippen molar-refractivity contribution in [2.24, 2.45) is 5.92 Å². The van der Waals surface area contributed by atoms with E-state index in [4.69, 9.17) is 0 Å². The van der Waals surface area contributed by atoms with Crippen LogP contribution in [0.3, 0.4) is 0 Å². The molecule has 16 heavy (non-hydrogen) atoms. The van der Waals surface area contributed by atoms with Crippen LogP contribution < -0.4 is 10.2 Å². The van der Waals surface area contributed by atoms with Crippen molar-refractivity contribution in [1.29, 1.82) is 0 Å². The maximum atomic E-state index is 12.0. The second-order valence-corrected chi connectivity index (χ2v) is 4.49. The fraction of sp³-hybridized carbons (Fsp3) is 0.500. The number of nitrogens with one attached hydrogen (secondary N) is 1. The largest absolute Gasteiger partial charge is 0.316 e. The zero-order chi connectivity index (χ0) is 11.0. The van der Waals surface area contributed by atoms with Crippen LogP contribution in [-0.4, -0.2) is 30.0 Å². The molecule has 1 N–H and O–H groups in total. The molecule has 0 aliphatic carbocycles. The average Bonchev–Trinajstić information content (AvgIpc) is 2.66. The lowest BCUT2D eigenvalue weighted by Gasteiger charge is -2.31. The topological polar surface area (TPSA) is 45.2 Å². The molecule has 2 fully saturated rings. The molecule has 3 heterocycles. The molecule has 2 unspecified atom stereocenters. The highest BCUT2D eigenvalue weighted by atomic mass is 16.2. The van der Waals surface area contributed by atoms with Crippen LogP contribution in [0.2, 0.25) is 0 Å². The molecule has 2 saturated heterocycles. The number of hydrogen-bond donors (Lipinski definition) is 1. The van der Waals surface area contributed by atoms with Crippen molar-refractivity contribution < 1.29 is 4.79 Å². The maximum absolute atomic E-state index is 12.0. The van der Waals surface area contributed by atoms with E-state index in [1.54, 1.807) is 12.4 Å². The summed E-state index contributed by atoms with van der Waals surface area (Å²) in [5.74, 6) is 0.735. The highest BCUT2D eigenvalue weighted by molar-refractivity contribution is 5.96. The summed E-state index contributed by atoms with van der Waals surface area (Å²) < 4.78 is 0. The third-order valence-electron chi connectivity index (χ3n) is 3.55. The van der Waals surface area contributed by atoms with Crippen molar-refractivity contribution in [2.75, 3.05) is 18.0 Å². The van der Waals surface area contributed by atoms with E-state index < -0.39 is 0 Å². The average molecular weight is 217 g/mol. The number of carbonyl (C=O) groups is 1. The van der Waals surface area contributed by atoms with Crippen molar-refractivity contribution in [1.82, 2.24) is 10.3 Å². The van der Waals surface area contributed by atoms with Gasteiger partial charge in [-0.25, -0.2) is 0 Å². The molecule has 1 aromatic rings. The normalized spacial score (nSPS) is 29.2. The molecule has 1 aromatic heterocycles. The summed E-state index contributed by atoms with van der Waals surface area (Å²) in [5.41, 5.74) is 0.995. The molecular weight excluding hydrogens is 202 g/mol. The Balaban J connectivity index is 1.91. The predicted molar refractivity (Wildman–Crippen MR) is 61.1 cm³/mol. The van der Waals surface area contributed by atoms with Crippen molar-refractivity contribution in [3.05, 3.63) is 24.5 Å². The van der Waals surface area contributed by atoms with Gasteiger partial charge in [-0.1, -0.05) is 0 Å². The number of anilines is 1. The Morgan fingerprint density at radius 1 is 1.38 bits per heavy atom. The standard InChI is InChI=1S/C12H15N3O/c16-12-7-9-8-14-6-3-11(9)15(12)10-1-4-13-5-2-10/h1-2,4-5,9,11,14H,3,6-8H2. The highest BCUT2D eigenvalue weighted by Crippen LogP contribution is 2.33. The number of carbonyl (C=O) groups excluding carboxylic acids is 1. The minimum atomic E-state index is 0.255. The first kappa shape index (κ1) is 9.78. The molecule has 2 aliphatic rings. The molecular formula is C12H15N3O. The monoisotopic (exact) mass is 217 g/mol. The van der Waals surface area contributed by atoms with E-state index in [0.717, 1.165) is 25.2 Å². The van der Waals surface area contributed by atoms with Gasteiger partial charge >= 0.3 is 0 Å². The summed E-state index contributed by atoms with van der Waals surface area (Å²) in [6.45, 7) is 1.98. The molecule has 0 bridgehead atoms. The van der Waals surface area contributed by atoms with Gasteiger partial charge in [-0.2, -0.15) is 0 Å². The van der Waals surface area contributed by atoms with Crippen molar-refractivity contribution in [3.63, 3.8) is 0 Å². The first-order valence-electron chi connectivity index (χ1n) is 5.79. The third-order valence-corrected chi connectivity index (χ3v) is 3.55. The van der Waals surface area contributed by atoms with Gasteiger partial charge in [0.05, 0.1) is 0 Å². The second kappa shape index (κ2) is 3.87. The molecule has 4 heteroatoms. The summed E-state index contributed by atoms with van der Waals surface area (Å²) in [7, 11) is 0. The molecule has 0 radical (unpaired) electrons.